The van der Waals surface area contributed by atoms with E-state index in [1.165, 1.54) is 24.0 Å². The molecule has 0 saturated heterocycles. The lowest BCUT2D eigenvalue weighted by Crippen LogP contribution is -2.37. The van der Waals surface area contributed by atoms with E-state index in [1.807, 2.05) is 0 Å². The van der Waals surface area contributed by atoms with Gasteiger partial charge in [-0.25, -0.2) is 0 Å². The number of nitrogens with one attached hydrogen (secondary N) is 1. The minimum atomic E-state index is 0.400. The summed E-state index contributed by atoms with van der Waals surface area (Å²) in [5.74, 6) is 0.821. The second-order valence-corrected chi connectivity index (χ2v) is 5.14. The first-order valence-corrected chi connectivity index (χ1v) is 6.53. The van der Waals surface area contributed by atoms with Crippen LogP contribution in [0, 0.1) is 12.8 Å². The number of ether oxygens (including phenoxy) is 1. The predicted octanol–water partition coefficient (Wildman–Crippen LogP) is 3.07. The van der Waals surface area contributed by atoms with Crippen molar-refractivity contribution >= 4 is 0 Å². The van der Waals surface area contributed by atoms with Gasteiger partial charge in [0.1, 0.15) is 0 Å². The summed E-state index contributed by atoms with van der Waals surface area (Å²) >= 11 is 0. The first-order chi connectivity index (χ1) is 8.22. The molecule has 1 aromatic rings. The third-order valence-corrected chi connectivity index (χ3v) is 3.66. The van der Waals surface area contributed by atoms with Crippen LogP contribution in [-0.4, -0.2) is 19.8 Å². The number of rotatable bonds is 6. The van der Waals surface area contributed by atoms with Crippen molar-refractivity contribution in [1.82, 2.24) is 5.32 Å². The first kappa shape index (κ1) is 12.6. The van der Waals surface area contributed by atoms with Gasteiger partial charge >= 0.3 is 0 Å². The summed E-state index contributed by atoms with van der Waals surface area (Å²) in [7, 11) is 1.79. The molecule has 1 aliphatic rings. The summed E-state index contributed by atoms with van der Waals surface area (Å²) in [6.07, 6.45) is 2.70. The summed E-state index contributed by atoms with van der Waals surface area (Å²) in [6.45, 7) is 5.24. The molecular weight excluding hydrogens is 210 g/mol. The van der Waals surface area contributed by atoms with Gasteiger partial charge in [0.2, 0.25) is 0 Å². The summed E-state index contributed by atoms with van der Waals surface area (Å²) in [5.41, 5.74) is 2.76. The highest BCUT2D eigenvalue weighted by molar-refractivity contribution is 5.28. The van der Waals surface area contributed by atoms with Crippen LogP contribution in [-0.2, 0) is 4.74 Å². The van der Waals surface area contributed by atoms with Gasteiger partial charge < -0.3 is 10.1 Å². The second-order valence-electron chi connectivity index (χ2n) is 5.14. The minimum Gasteiger partial charge on any atom is -0.383 e. The molecule has 1 N–H and O–H groups in total. The van der Waals surface area contributed by atoms with E-state index in [4.69, 9.17) is 4.74 Å². The monoisotopic (exact) mass is 233 g/mol. The molecule has 17 heavy (non-hydrogen) atoms. The third kappa shape index (κ3) is 3.30. The summed E-state index contributed by atoms with van der Waals surface area (Å²) in [5, 5.41) is 3.71. The van der Waals surface area contributed by atoms with Crippen molar-refractivity contribution in [2.75, 3.05) is 13.7 Å². The zero-order valence-electron chi connectivity index (χ0n) is 11.1. The van der Waals surface area contributed by atoms with E-state index in [9.17, 15) is 0 Å². The Hall–Kier alpha value is -0.860. The molecule has 0 aliphatic heterocycles. The van der Waals surface area contributed by atoms with Crippen LogP contribution in [0.25, 0.3) is 0 Å². The fraction of sp³-hybridized carbons (Fsp3) is 0.600. The van der Waals surface area contributed by atoms with E-state index < -0.39 is 0 Å². The summed E-state index contributed by atoms with van der Waals surface area (Å²) < 4.78 is 5.31. The predicted molar refractivity (Wildman–Crippen MR) is 71.1 cm³/mol. The number of benzene rings is 1. The van der Waals surface area contributed by atoms with Crippen LogP contribution in [0.5, 0.6) is 0 Å². The quantitative estimate of drug-likeness (QED) is 0.815. The Labute approximate surface area is 104 Å². The van der Waals surface area contributed by atoms with Gasteiger partial charge in [0.25, 0.3) is 0 Å². The van der Waals surface area contributed by atoms with Crippen LogP contribution in [0.3, 0.4) is 0 Å². The molecule has 1 aliphatic carbocycles. The Morgan fingerprint density at radius 2 is 2.06 bits per heavy atom. The lowest BCUT2D eigenvalue weighted by Gasteiger charge is -2.24. The van der Waals surface area contributed by atoms with E-state index in [0.29, 0.717) is 12.1 Å². The van der Waals surface area contributed by atoms with Gasteiger partial charge in [-0.2, -0.15) is 0 Å². The topological polar surface area (TPSA) is 21.3 Å². The fourth-order valence-electron chi connectivity index (χ4n) is 2.48. The molecule has 94 valence electrons. The van der Waals surface area contributed by atoms with Gasteiger partial charge in [-0.3, -0.25) is 0 Å². The van der Waals surface area contributed by atoms with Gasteiger partial charge in [-0.05, 0) is 43.7 Å². The lowest BCUT2D eigenvalue weighted by molar-refractivity contribution is 0.152. The molecule has 1 aromatic carbocycles. The number of methoxy groups -OCH3 is 1. The van der Waals surface area contributed by atoms with E-state index in [0.717, 1.165) is 12.5 Å². The van der Waals surface area contributed by atoms with Crippen molar-refractivity contribution in [3.63, 3.8) is 0 Å². The van der Waals surface area contributed by atoms with E-state index in [-0.39, 0.29) is 0 Å². The highest BCUT2D eigenvalue weighted by Gasteiger charge is 2.32. The maximum atomic E-state index is 5.31. The van der Waals surface area contributed by atoms with Gasteiger partial charge in [0.05, 0.1) is 6.61 Å². The second kappa shape index (κ2) is 5.65. The molecule has 2 heteroatoms. The number of hydrogen-bond acceptors (Lipinski definition) is 2. The third-order valence-electron chi connectivity index (χ3n) is 3.66. The maximum absolute atomic E-state index is 5.31. The van der Waals surface area contributed by atoms with Crippen molar-refractivity contribution in [2.45, 2.75) is 38.8 Å². The lowest BCUT2D eigenvalue weighted by atomic mass is 10.0. The molecule has 0 aromatic heterocycles. The number of aryl methyl sites for hydroxylation is 1. The Kier molecular flexibility index (Phi) is 4.19. The molecule has 0 bridgehead atoms. The molecule has 1 unspecified atom stereocenters. The molecule has 2 nitrogen and oxygen atoms in total. The van der Waals surface area contributed by atoms with Crippen molar-refractivity contribution < 1.29 is 4.74 Å². The Balaban J connectivity index is 1.99. The SMILES string of the molecule is COCC(N[C@H](C)c1ccccc1C)C1CC1. The number of hydrogen-bond donors (Lipinski definition) is 1. The molecular formula is C15H23NO. The molecule has 1 fully saturated rings. The minimum absolute atomic E-state index is 0.400. The average molecular weight is 233 g/mol. The smallest absolute Gasteiger partial charge is 0.0618 e. The Morgan fingerprint density at radius 3 is 2.65 bits per heavy atom. The van der Waals surface area contributed by atoms with Gasteiger partial charge in [-0.1, -0.05) is 24.3 Å². The van der Waals surface area contributed by atoms with E-state index in [2.05, 4.69) is 43.4 Å². The van der Waals surface area contributed by atoms with Crippen molar-refractivity contribution in [2.24, 2.45) is 5.92 Å². The van der Waals surface area contributed by atoms with Crippen LogP contribution in [0.4, 0.5) is 0 Å². The van der Waals surface area contributed by atoms with Crippen molar-refractivity contribution in [1.29, 1.82) is 0 Å². The normalized spacial score (nSPS) is 19.0. The van der Waals surface area contributed by atoms with Crippen LogP contribution in [0.1, 0.15) is 36.9 Å². The zero-order valence-corrected chi connectivity index (χ0v) is 11.1. The molecule has 0 radical (unpaired) electrons. The Morgan fingerprint density at radius 1 is 1.35 bits per heavy atom. The van der Waals surface area contributed by atoms with Gasteiger partial charge in [-0.15, -0.1) is 0 Å². The summed E-state index contributed by atoms with van der Waals surface area (Å²) in [4.78, 5) is 0. The maximum Gasteiger partial charge on any atom is 0.0618 e. The highest BCUT2D eigenvalue weighted by Crippen LogP contribution is 2.34. The van der Waals surface area contributed by atoms with Crippen molar-refractivity contribution in [3.05, 3.63) is 35.4 Å². The molecule has 0 heterocycles. The van der Waals surface area contributed by atoms with Gasteiger partial charge in [0.15, 0.2) is 0 Å². The first-order valence-electron chi connectivity index (χ1n) is 6.53. The highest BCUT2D eigenvalue weighted by atomic mass is 16.5. The van der Waals surface area contributed by atoms with E-state index >= 15 is 0 Å². The summed E-state index contributed by atoms with van der Waals surface area (Å²) in [6, 6.07) is 9.51. The zero-order chi connectivity index (χ0) is 12.3. The van der Waals surface area contributed by atoms with Crippen LogP contribution >= 0.6 is 0 Å². The molecule has 2 atom stereocenters. The molecule has 1 saturated carbocycles. The standard InChI is InChI=1S/C15H23NO/c1-11-6-4-5-7-14(11)12(2)16-15(10-17-3)13-8-9-13/h4-7,12-13,15-16H,8-10H2,1-3H3/t12-,15?/m1/s1. The molecule has 0 amide bonds. The van der Waals surface area contributed by atoms with Crippen LogP contribution in [0.15, 0.2) is 24.3 Å². The largest absolute Gasteiger partial charge is 0.383 e. The van der Waals surface area contributed by atoms with Crippen LogP contribution in [0.2, 0.25) is 0 Å². The molecule has 0 spiro atoms. The van der Waals surface area contributed by atoms with Gasteiger partial charge in [0, 0.05) is 19.2 Å². The van der Waals surface area contributed by atoms with Crippen molar-refractivity contribution in [3.8, 4) is 0 Å². The van der Waals surface area contributed by atoms with Crippen LogP contribution < -0.4 is 5.32 Å². The average Bonchev–Trinajstić information content (AvgIpc) is 3.12. The Bertz CT molecular complexity index is 360. The van der Waals surface area contributed by atoms with E-state index in [1.54, 1.807) is 7.11 Å². The molecule has 2 rings (SSSR count). The fourth-order valence-corrected chi connectivity index (χ4v) is 2.48.